The third-order valence-electron chi connectivity index (χ3n) is 2.55. The lowest BCUT2D eigenvalue weighted by Crippen LogP contribution is -2.32. The van der Waals surface area contributed by atoms with Gasteiger partial charge in [-0.2, -0.15) is 0 Å². The van der Waals surface area contributed by atoms with Crippen molar-refractivity contribution in [2.75, 3.05) is 6.54 Å². The second-order valence-electron chi connectivity index (χ2n) is 5.55. The van der Waals surface area contributed by atoms with Crippen molar-refractivity contribution in [1.82, 2.24) is 5.32 Å². The molecule has 0 heterocycles. The Hall–Kier alpha value is -2.37. The number of nitro benzene ring substituents is 1. The second kappa shape index (κ2) is 6.88. The second-order valence-corrected chi connectivity index (χ2v) is 5.55. The molecule has 1 aromatic carbocycles. The van der Waals surface area contributed by atoms with E-state index in [2.05, 4.69) is 5.32 Å². The molecule has 0 spiro atoms. The maximum absolute atomic E-state index is 11.4. The Kier molecular flexibility index (Phi) is 5.46. The summed E-state index contributed by atoms with van der Waals surface area (Å²) in [5.41, 5.74) is 0.831. The summed E-state index contributed by atoms with van der Waals surface area (Å²) in [6.07, 6.45) is 2.76. The summed E-state index contributed by atoms with van der Waals surface area (Å²) in [5.74, 6) is 0. The first-order valence-electron chi connectivity index (χ1n) is 6.58. The Labute approximate surface area is 124 Å². The number of aryl methyl sites for hydroxylation is 1. The van der Waals surface area contributed by atoms with Crippen LogP contribution in [0.1, 0.15) is 31.9 Å². The van der Waals surface area contributed by atoms with Crippen LogP contribution in [0.25, 0.3) is 6.08 Å². The zero-order valence-corrected chi connectivity index (χ0v) is 12.7. The first-order valence-corrected chi connectivity index (χ1v) is 6.58. The number of ether oxygens (including phenoxy) is 1. The van der Waals surface area contributed by atoms with Crippen LogP contribution < -0.4 is 5.32 Å². The van der Waals surface area contributed by atoms with Crippen molar-refractivity contribution in [2.45, 2.75) is 33.3 Å². The van der Waals surface area contributed by atoms with Crippen molar-refractivity contribution in [3.8, 4) is 0 Å². The van der Waals surface area contributed by atoms with Gasteiger partial charge in [0.2, 0.25) is 0 Å². The predicted octanol–water partition coefficient (Wildman–Crippen LogP) is 3.44. The number of carbonyl (C=O) groups is 1. The molecule has 0 aliphatic rings. The molecule has 21 heavy (non-hydrogen) atoms. The number of nitrogens with one attached hydrogen (secondary N) is 1. The first kappa shape index (κ1) is 16.7. The smallest absolute Gasteiger partial charge is 0.407 e. The molecule has 0 aromatic heterocycles. The Balaban J connectivity index is 2.66. The minimum absolute atomic E-state index is 0.0449. The molecule has 0 atom stereocenters. The highest BCUT2D eigenvalue weighted by atomic mass is 16.6. The molecule has 0 saturated heterocycles. The first-order chi connectivity index (χ1) is 9.70. The molecule has 1 aromatic rings. The van der Waals surface area contributed by atoms with Crippen LogP contribution in [0.15, 0.2) is 24.3 Å². The van der Waals surface area contributed by atoms with Gasteiger partial charge in [0, 0.05) is 12.6 Å². The number of alkyl carbamates (subject to hydrolysis) is 1. The van der Waals surface area contributed by atoms with Crippen LogP contribution >= 0.6 is 0 Å². The van der Waals surface area contributed by atoms with Crippen LogP contribution in [0.3, 0.4) is 0 Å². The summed E-state index contributed by atoms with van der Waals surface area (Å²) < 4.78 is 5.08. The van der Waals surface area contributed by atoms with E-state index in [1.165, 1.54) is 6.07 Å². The molecular formula is C15H20N2O4. The number of carbonyl (C=O) groups excluding carboxylic acids is 1. The number of nitro groups is 1. The third kappa shape index (κ3) is 5.64. The van der Waals surface area contributed by atoms with Crippen LogP contribution in [0.5, 0.6) is 0 Å². The zero-order chi connectivity index (χ0) is 16.0. The van der Waals surface area contributed by atoms with Gasteiger partial charge in [-0.1, -0.05) is 24.3 Å². The molecule has 1 N–H and O–H groups in total. The van der Waals surface area contributed by atoms with E-state index in [-0.39, 0.29) is 12.2 Å². The number of hydrogen-bond donors (Lipinski definition) is 1. The summed E-state index contributed by atoms with van der Waals surface area (Å²) >= 11 is 0. The van der Waals surface area contributed by atoms with Gasteiger partial charge in [0.1, 0.15) is 5.60 Å². The number of amides is 1. The fraction of sp³-hybridized carbons (Fsp3) is 0.400. The van der Waals surface area contributed by atoms with Crippen LogP contribution in [0, 0.1) is 17.0 Å². The lowest BCUT2D eigenvalue weighted by atomic mass is 10.1. The lowest BCUT2D eigenvalue weighted by molar-refractivity contribution is -0.385. The van der Waals surface area contributed by atoms with Crippen molar-refractivity contribution in [3.63, 3.8) is 0 Å². The molecule has 6 nitrogen and oxygen atoms in total. The van der Waals surface area contributed by atoms with Gasteiger partial charge in [-0.15, -0.1) is 0 Å². The fourth-order valence-corrected chi connectivity index (χ4v) is 1.67. The molecule has 0 bridgehead atoms. The van der Waals surface area contributed by atoms with Gasteiger partial charge in [0.25, 0.3) is 5.69 Å². The summed E-state index contributed by atoms with van der Waals surface area (Å²) in [6, 6.07) is 4.89. The Morgan fingerprint density at radius 3 is 2.67 bits per heavy atom. The van der Waals surface area contributed by atoms with Gasteiger partial charge >= 0.3 is 6.09 Å². The Bertz CT molecular complexity index is 559. The van der Waals surface area contributed by atoms with Crippen molar-refractivity contribution in [2.24, 2.45) is 0 Å². The molecule has 0 aliphatic heterocycles. The average Bonchev–Trinajstić information content (AvgIpc) is 2.33. The largest absolute Gasteiger partial charge is 0.444 e. The highest BCUT2D eigenvalue weighted by Gasteiger charge is 2.15. The minimum atomic E-state index is -0.553. The van der Waals surface area contributed by atoms with E-state index in [1.807, 2.05) is 0 Å². The molecule has 0 unspecified atom stereocenters. The standard InChI is InChI=1S/C15H20N2O4/c1-11-7-5-9-13(17(19)20)12(11)8-6-10-16-14(18)21-15(2,3)4/h5-9H,10H2,1-4H3,(H,16,18). The number of benzene rings is 1. The normalized spacial score (nSPS) is 11.4. The van der Waals surface area contributed by atoms with Gasteiger partial charge in [-0.3, -0.25) is 10.1 Å². The molecular weight excluding hydrogens is 272 g/mol. The van der Waals surface area contributed by atoms with Crippen LogP contribution in [0.2, 0.25) is 0 Å². The quantitative estimate of drug-likeness (QED) is 0.680. The van der Waals surface area contributed by atoms with Gasteiger partial charge in [0.15, 0.2) is 0 Å². The van der Waals surface area contributed by atoms with E-state index in [0.717, 1.165) is 5.56 Å². The topological polar surface area (TPSA) is 81.5 Å². The molecule has 0 saturated carbocycles. The van der Waals surface area contributed by atoms with E-state index in [0.29, 0.717) is 5.56 Å². The highest BCUT2D eigenvalue weighted by molar-refractivity contribution is 5.69. The van der Waals surface area contributed by atoms with E-state index in [4.69, 9.17) is 4.74 Å². The van der Waals surface area contributed by atoms with Gasteiger partial charge in [0.05, 0.1) is 10.5 Å². The summed E-state index contributed by atoms with van der Waals surface area (Å²) in [6.45, 7) is 7.37. The van der Waals surface area contributed by atoms with Crippen LogP contribution in [0.4, 0.5) is 10.5 Å². The van der Waals surface area contributed by atoms with Crippen molar-refractivity contribution >= 4 is 17.9 Å². The summed E-state index contributed by atoms with van der Waals surface area (Å²) in [4.78, 5) is 22.0. The van der Waals surface area contributed by atoms with E-state index in [1.54, 1.807) is 52.0 Å². The van der Waals surface area contributed by atoms with Crippen LogP contribution in [-0.2, 0) is 4.74 Å². The maximum atomic E-state index is 11.4. The molecule has 6 heteroatoms. The van der Waals surface area contributed by atoms with Crippen LogP contribution in [-0.4, -0.2) is 23.2 Å². The Morgan fingerprint density at radius 1 is 1.43 bits per heavy atom. The summed E-state index contributed by atoms with van der Waals surface area (Å²) in [5, 5.41) is 13.5. The molecule has 1 rings (SSSR count). The molecule has 0 radical (unpaired) electrons. The molecule has 0 aliphatic carbocycles. The fourth-order valence-electron chi connectivity index (χ4n) is 1.67. The maximum Gasteiger partial charge on any atom is 0.407 e. The van der Waals surface area contributed by atoms with Crippen molar-refractivity contribution in [3.05, 3.63) is 45.5 Å². The average molecular weight is 292 g/mol. The van der Waals surface area contributed by atoms with Gasteiger partial charge in [-0.25, -0.2) is 4.79 Å². The van der Waals surface area contributed by atoms with E-state index in [9.17, 15) is 14.9 Å². The number of nitrogens with zero attached hydrogens (tertiary/aromatic N) is 1. The molecule has 1 amide bonds. The zero-order valence-electron chi connectivity index (χ0n) is 12.7. The lowest BCUT2D eigenvalue weighted by Gasteiger charge is -2.19. The van der Waals surface area contributed by atoms with Crippen molar-refractivity contribution < 1.29 is 14.5 Å². The molecule has 114 valence electrons. The minimum Gasteiger partial charge on any atom is -0.444 e. The molecule has 0 fully saturated rings. The van der Waals surface area contributed by atoms with Crippen molar-refractivity contribution in [1.29, 1.82) is 0 Å². The van der Waals surface area contributed by atoms with E-state index < -0.39 is 16.6 Å². The number of rotatable bonds is 4. The Morgan fingerprint density at radius 2 is 2.10 bits per heavy atom. The monoisotopic (exact) mass is 292 g/mol. The van der Waals surface area contributed by atoms with E-state index >= 15 is 0 Å². The third-order valence-corrected chi connectivity index (χ3v) is 2.55. The summed E-state index contributed by atoms with van der Waals surface area (Å²) in [7, 11) is 0. The van der Waals surface area contributed by atoms with Gasteiger partial charge in [-0.05, 0) is 33.3 Å². The highest BCUT2D eigenvalue weighted by Crippen LogP contribution is 2.22. The SMILES string of the molecule is Cc1cccc([N+](=O)[O-])c1C=CCNC(=O)OC(C)(C)C. The number of hydrogen-bond acceptors (Lipinski definition) is 4. The van der Waals surface area contributed by atoms with Gasteiger partial charge < -0.3 is 10.1 Å². The predicted molar refractivity (Wildman–Crippen MR) is 81.1 cm³/mol.